The largest absolute Gasteiger partial charge is 0.461 e. The quantitative estimate of drug-likeness (QED) is 0.717. The van der Waals surface area contributed by atoms with Gasteiger partial charge < -0.3 is 20.5 Å². The van der Waals surface area contributed by atoms with E-state index in [4.69, 9.17) is 10.5 Å². The lowest BCUT2D eigenvalue weighted by molar-refractivity contribution is -0.116. The summed E-state index contributed by atoms with van der Waals surface area (Å²) in [6.07, 6.45) is 1.15. The Morgan fingerprint density at radius 1 is 1.33 bits per heavy atom. The lowest BCUT2D eigenvalue weighted by Crippen LogP contribution is -2.45. The molecule has 3 N–H and O–H groups in total. The summed E-state index contributed by atoms with van der Waals surface area (Å²) in [6, 6.07) is 5.83. The molecule has 2 aromatic rings. The molecule has 11 heteroatoms. The van der Waals surface area contributed by atoms with E-state index in [0.717, 1.165) is 25.3 Å². The Kier molecular flexibility index (Phi) is 5.92. The number of nitrogens with zero attached hydrogens (tertiary/aromatic N) is 2. The molecule has 1 amide bonds. The molecular formula is C19H18F4N4O3. The number of amidine groups is 1. The van der Waals surface area contributed by atoms with Gasteiger partial charge in [0.25, 0.3) is 11.8 Å². The molecule has 7 nitrogen and oxygen atoms in total. The van der Waals surface area contributed by atoms with Gasteiger partial charge in [-0.3, -0.25) is 9.79 Å². The van der Waals surface area contributed by atoms with Gasteiger partial charge in [-0.1, -0.05) is 0 Å². The van der Waals surface area contributed by atoms with Crippen LogP contribution in [0.3, 0.4) is 0 Å². The third-order valence-electron chi connectivity index (χ3n) is 4.55. The number of alkyl halides is 3. The van der Waals surface area contributed by atoms with Crippen molar-refractivity contribution in [2.24, 2.45) is 10.7 Å². The van der Waals surface area contributed by atoms with Crippen LogP contribution in [0.25, 0.3) is 0 Å². The Balaban J connectivity index is 1.91. The number of halogens is 4. The molecule has 1 aromatic carbocycles. The van der Waals surface area contributed by atoms with E-state index in [2.05, 4.69) is 20.0 Å². The molecule has 2 heterocycles. The number of pyridine rings is 1. The maximum Gasteiger partial charge on any atom is 0.299 e. The predicted molar refractivity (Wildman–Crippen MR) is 99.9 cm³/mol. The number of nitrogens with two attached hydrogens (primary N) is 1. The zero-order valence-electron chi connectivity index (χ0n) is 15.8. The van der Waals surface area contributed by atoms with Crippen molar-refractivity contribution in [2.75, 3.05) is 25.4 Å². The Labute approximate surface area is 168 Å². The third-order valence-corrected chi connectivity index (χ3v) is 4.55. The first-order valence-corrected chi connectivity index (χ1v) is 8.72. The third kappa shape index (κ3) is 4.20. The lowest BCUT2D eigenvalue weighted by atomic mass is 9.85. The van der Waals surface area contributed by atoms with Crippen molar-refractivity contribution in [3.05, 3.63) is 53.6 Å². The number of anilines is 1. The van der Waals surface area contributed by atoms with Gasteiger partial charge in [0.15, 0.2) is 5.54 Å². The Hall–Kier alpha value is -3.21. The molecule has 1 aromatic heterocycles. The van der Waals surface area contributed by atoms with Gasteiger partial charge in [-0.05, 0) is 37.3 Å². The fourth-order valence-electron chi connectivity index (χ4n) is 2.92. The summed E-state index contributed by atoms with van der Waals surface area (Å²) in [5.41, 5.74) is 2.79. The van der Waals surface area contributed by atoms with Gasteiger partial charge in [0.2, 0.25) is 6.86 Å². The van der Waals surface area contributed by atoms with Crippen LogP contribution < -0.4 is 15.8 Å². The van der Waals surface area contributed by atoms with Crippen molar-refractivity contribution in [1.29, 1.82) is 0 Å². The second-order valence-corrected chi connectivity index (χ2v) is 6.65. The minimum atomic E-state index is -3.56. The molecule has 1 aliphatic heterocycles. The van der Waals surface area contributed by atoms with Crippen molar-refractivity contribution in [3.8, 4) is 5.75 Å². The van der Waals surface area contributed by atoms with E-state index in [1.54, 1.807) is 0 Å². The highest BCUT2D eigenvalue weighted by Gasteiger charge is 2.54. The Bertz CT molecular complexity index is 969. The van der Waals surface area contributed by atoms with Crippen molar-refractivity contribution in [3.63, 3.8) is 0 Å². The van der Waals surface area contributed by atoms with Gasteiger partial charge in [0.05, 0.1) is 6.20 Å². The molecular weight excluding hydrogens is 408 g/mol. The minimum absolute atomic E-state index is 0.0400. The average Bonchev–Trinajstić information content (AvgIpc) is 2.79. The number of carbonyl (C=O) groups excluding carboxylic acids is 1. The zero-order valence-corrected chi connectivity index (χ0v) is 15.8. The smallest absolute Gasteiger partial charge is 0.299 e. The molecule has 1 unspecified atom stereocenters. The molecule has 0 saturated carbocycles. The maximum absolute atomic E-state index is 14.7. The highest BCUT2D eigenvalue weighted by molar-refractivity contribution is 6.02. The first-order valence-electron chi connectivity index (χ1n) is 8.72. The summed E-state index contributed by atoms with van der Waals surface area (Å²) in [5, 5.41) is 2.45. The van der Waals surface area contributed by atoms with Crippen LogP contribution in [-0.2, 0) is 10.3 Å². The number of aliphatic imine (C=N–C) groups is 1. The lowest BCUT2D eigenvalue weighted by Gasteiger charge is -2.33. The van der Waals surface area contributed by atoms with Crippen LogP contribution >= 0.6 is 0 Å². The van der Waals surface area contributed by atoms with E-state index in [1.165, 1.54) is 18.2 Å². The standard InChI is InChI=1S/C19H18F4N4O3/c1-18(19(22,23)9-29-8-16(24)27-18)13-6-11(2-4-14(13)21)26-17(28)15-5-3-12(7-25-15)30-10-20/h2-7H,8-10H2,1H3,(H2,24,27)(H,26,28). The first-order chi connectivity index (χ1) is 14.2. The number of amides is 1. The monoisotopic (exact) mass is 426 g/mol. The van der Waals surface area contributed by atoms with Crippen LogP contribution in [0.5, 0.6) is 5.75 Å². The fraction of sp³-hybridized carbons (Fsp3) is 0.316. The summed E-state index contributed by atoms with van der Waals surface area (Å²) in [7, 11) is 0. The number of carbonyl (C=O) groups is 1. The van der Waals surface area contributed by atoms with Crippen molar-refractivity contribution < 1.29 is 31.8 Å². The van der Waals surface area contributed by atoms with Crippen LogP contribution in [0.15, 0.2) is 41.5 Å². The topological polar surface area (TPSA) is 98.8 Å². The molecule has 160 valence electrons. The van der Waals surface area contributed by atoms with E-state index in [9.17, 15) is 22.4 Å². The molecule has 1 atom stereocenters. The van der Waals surface area contributed by atoms with Crippen LogP contribution in [0.2, 0.25) is 0 Å². The van der Waals surface area contributed by atoms with Crippen LogP contribution in [-0.4, -0.2) is 42.7 Å². The molecule has 30 heavy (non-hydrogen) atoms. The van der Waals surface area contributed by atoms with E-state index in [0.29, 0.717) is 0 Å². The van der Waals surface area contributed by atoms with E-state index in [-0.39, 0.29) is 29.6 Å². The number of benzene rings is 1. The summed E-state index contributed by atoms with van der Waals surface area (Å²) in [6.45, 7) is -1.31. The van der Waals surface area contributed by atoms with Crippen LogP contribution in [0, 0.1) is 5.82 Å². The fourth-order valence-corrected chi connectivity index (χ4v) is 2.92. The summed E-state index contributed by atoms with van der Waals surface area (Å²) in [4.78, 5) is 20.0. The van der Waals surface area contributed by atoms with E-state index >= 15 is 0 Å². The molecule has 1 aliphatic rings. The van der Waals surface area contributed by atoms with Crippen LogP contribution in [0.4, 0.5) is 23.2 Å². The molecule has 0 aliphatic carbocycles. The van der Waals surface area contributed by atoms with Crippen molar-refractivity contribution in [2.45, 2.75) is 18.4 Å². The average molecular weight is 426 g/mol. The highest BCUT2D eigenvalue weighted by Crippen LogP contribution is 2.44. The summed E-state index contributed by atoms with van der Waals surface area (Å²) < 4.78 is 65.5. The minimum Gasteiger partial charge on any atom is -0.461 e. The maximum atomic E-state index is 14.7. The van der Waals surface area contributed by atoms with Gasteiger partial charge >= 0.3 is 0 Å². The molecule has 0 radical (unpaired) electrons. The summed E-state index contributed by atoms with van der Waals surface area (Å²) >= 11 is 0. The number of nitrogens with one attached hydrogen (secondary N) is 1. The van der Waals surface area contributed by atoms with Crippen molar-refractivity contribution in [1.82, 2.24) is 4.98 Å². The van der Waals surface area contributed by atoms with Crippen LogP contribution in [0.1, 0.15) is 23.0 Å². The molecule has 0 saturated heterocycles. The second-order valence-electron chi connectivity index (χ2n) is 6.65. The molecule has 0 bridgehead atoms. The number of ether oxygens (including phenoxy) is 2. The Morgan fingerprint density at radius 2 is 2.10 bits per heavy atom. The first kappa shape index (κ1) is 21.5. The van der Waals surface area contributed by atoms with E-state index < -0.39 is 42.2 Å². The normalized spacial score (nSPS) is 20.8. The van der Waals surface area contributed by atoms with E-state index in [1.807, 2.05) is 0 Å². The SMILES string of the molecule is CC1(c2cc(NC(=O)c3ccc(OCF)cn3)ccc2F)N=C(N)COCC1(F)F. The van der Waals surface area contributed by atoms with Gasteiger partial charge in [0, 0.05) is 11.3 Å². The van der Waals surface area contributed by atoms with Gasteiger partial charge in [-0.25, -0.2) is 22.5 Å². The summed E-state index contributed by atoms with van der Waals surface area (Å²) in [5.74, 6) is -5.28. The van der Waals surface area contributed by atoms with Crippen molar-refractivity contribution >= 4 is 17.4 Å². The molecule has 0 fully saturated rings. The van der Waals surface area contributed by atoms with Gasteiger partial charge in [-0.2, -0.15) is 0 Å². The Morgan fingerprint density at radius 3 is 2.77 bits per heavy atom. The number of hydrogen-bond acceptors (Lipinski definition) is 6. The molecule has 3 rings (SSSR count). The predicted octanol–water partition coefficient (Wildman–Crippen LogP) is 3.02. The molecule has 0 spiro atoms. The van der Waals surface area contributed by atoms with Gasteiger partial charge in [-0.15, -0.1) is 0 Å². The second kappa shape index (κ2) is 8.27. The zero-order chi connectivity index (χ0) is 21.9. The number of hydrogen-bond donors (Lipinski definition) is 2. The highest BCUT2D eigenvalue weighted by atomic mass is 19.3. The number of rotatable bonds is 5. The van der Waals surface area contributed by atoms with Gasteiger partial charge in [0.1, 0.15) is 36.3 Å². The number of aromatic nitrogens is 1.